The fourth-order valence-electron chi connectivity index (χ4n) is 3.52. The van der Waals surface area contributed by atoms with E-state index < -0.39 is 35.3 Å². The molecule has 32 heavy (non-hydrogen) atoms. The normalized spacial score (nSPS) is 15.0. The molecule has 6 nitrogen and oxygen atoms in total. The molecule has 1 amide bonds. The first-order valence-corrected chi connectivity index (χ1v) is 9.99. The van der Waals surface area contributed by atoms with E-state index in [2.05, 4.69) is 10.4 Å². The molecular formula is C22H21F4N5O. The van der Waals surface area contributed by atoms with E-state index in [4.69, 9.17) is 11.5 Å². The summed E-state index contributed by atoms with van der Waals surface area (Å²) in [6, 6.07) is 11.3. The predicted molar refractivity (Wildman–Crippen MR) is 110 cm³/mol. The monoisotopic (exact) mass is 447 g/mol. The lowest BCUT2D eigenvalue weighted by atomic mass is 9.97. The van der Waals surface area contributed by atoms with Crippen LogP contribution in [-0.2, 0) is 6.18 Å². The largest absolute Gasteiger partial charge is 0.435 e. The van der Waals surface area contributed by atoms with Gasteiger partial charge in [-0.25, -0.2) is 9.07 Å². The molecule has 168 valence electrons. The topological polar surface area (TPSA) is 99.0 Å². The zero-order valence-corrected chi connectivity index (χ0v) is 16.9. The molecule has 0 radical (unpaired) electrons. The Balaban J connectivity index is 1.80. The number of anilines is 1. The van der Waals surface area contributed by atoms with Gasteiger partial charge in [-0.3, -0.25) is 4.79 Å². The van der Waals surface area contributed by atoms with Crippen molar-refractivity contribution in [3.8, 4) is 5.69 Å². The van der Waals surface area contributed by atoms with Crippen molar-refractivity contribution in [3.63, 3.8) is 0 Å². The maximum atomic E-state index is 14.7. The third-order valence-corrected chi connectivity index (χ3v) is 5.34. The van der Waals surface area contributed by atoms with E-state index >= 15 is 0 Å². The molecule has 1 fully saturated rings. The number of nitrogen functional groups attached to an aromatic ring is 1. The number of carbonyl (C=O) groups is 1. The van der Waals surface area contributed by atoms with E-state index in [0.717, 1.165) is 31.0 Å². The van der Waals surface area contributed by atoms with Crippen molar-refractivity contribution in [1.29, 1.82) is 0 Å². The Morgan fingerprint density at radius 1 is 1.16 bits per heavy atom. The van der Waals surface area contributed by atoms with Crippen molar-refractivity contribution in [2.45, 2.75) is 25.1 Å². The van der Waals surface area contributed by atoms with Crippen LogP contribution < -0.4 is 16.8 Å². The standard InChI is InChI=1S/C22H21F4N5O/c23-16-7-6-14(20(29-11-12-4-5-12)13-2-1-3-15(27)8-13)9-17(16)31-18(21(28)32)10-19(30-31)22(24,25)26/h1-3,6-10,12,20,29H,4-5,11,27H2,(H2,28,32). The van der Waals surface area contributed by atoms with Gasteiger partial charge >= 0.3 is 6.18 Å². The molecule has 1 saturated carbocycles. The second-order valence-corrected chi connectivity index (χ2v) is 7.85. The number of halogens is 4. The molecule has 1 heterocycles. The molecule has 2 aromatic carbocycles. The minimum Gasteiger partial charge on any atom is -0.399 e. The van der Waals surface area contributed by atoms with E-state index in [9.17, 15) is 22.4 Å². The van der Waals surface area contributed by atoms with Crippen LogP contribution in [0.2, 0.25) is 0 Å². The molecule has 0 spiro atoms. The summed E-state index contributed by atoms with van der Waals surface area (Å²) in [4.78, 5) is 11.8. The van der Waals surface area contributed by atoms with Crippen molar-refractivity contribution in [2.75, 3.05) is 12.3 Å². The molecule has 1 atom stereocenters. The number of nitrogens with zero attached hydrogens (tertiary/aromatic N) is 2. The van der Waals surface area contributed by atoms with Crippen LogP contribution in [-0.4, -0.2) is 22.2 Å². The number of carbonyl (C=O) groups excluding carboxylic acids is 1. The Morgan fingerprint density at radius 2 is 1.88 bits per heavy atom. The van der Waals surface area contributed by atoms with E-state index in [1.807, 2.05) is 6.07 Å². The first-order valence-electron chi connectivity index (χ1n) is 9.99. The van der Waals surface area contributed by atoms with Crippen molar-refractivity contribution in [2.24, 2.45) is 11.7 Å². The van der Waals surface area contributed by atoms with Gasteiger partial charge in [-0.2, -0.15) is 18.3 Å². The number of rotatable bonds is 7. The Hall–Kier alpha value is -3.40. The van der Waals surface area contributed by atoms with Crippen molar-refractivity contribution < 1.29 is 22.4 Å². The Labute approximate surface area is 181 Å². The van der Waals surface area contributed by atoms with Crippen molar-refractivity contribution in [3.05, 3.63) is 76.9 Å². The van der Waals surface area contributed by atoms with Crippen LogP contribution >= 0.6 is 0 Å². The lowest BCUT2D eigenvalue weighted by Crippen LogP contribution is -2.25. The number of benzene rings is 2. The highest BCUT2D eigenvalue weighted by molar-refractivity contribution is 5.91. The van der Waals surface area contributed by atoms with Crippen LogP contribution in [0.15, 0.2) is 48.5 Å². The number of hydrogen-bond donors (Lipinski definition) is 3. The summed E-state index contributed by atoms with van der Waals surface area (Å²) < 4.78 is 54.8. The van der Waals surface area contributed by atoms with Gasteiger partial charge in [-0.1, -0.05) is 18.2 Å². The molecule has 5 N–H and O–H groups in total. The molecule has 0 saturated heterocycles. The number of hydrogen-bond acceptors (Lipinski definition) is 4. The molecule has 0 bridgehead atoms. The SMILES string of the molecule is NC(=O)c1cc(C(F)(F)F)nn1-c1cc(C(NCC2CC2)c2cccc(N)c2)ccc1F. The van der Waals surface area contributed by atoms with Crippen LogP contribution in [0.3, 0.4) is 0 Å². The highest BCUT2D eigenvalue weighted by Crippen LogP contribution is 2.33. The smallest absolute Gasteiger partial charge is 0.399 e. The minimum absolute atomic E-state index is 0.311. The second-order valence-electron chi connectivity index (χ2n) is 7.85. The summed E-state index contributed by atoms with van der Waals surface area (Å²) in [5.74, 6) is -1.46. The molecule has 1 aromatic heterocycles. The van der Waals surface area contributed by atoms with E-state index in [1.165, 1.54) is 12.1 Å². The van der Waals surface area contributed by atoms with Gasteiger partial charge in [-0.15, -0.1) is 0 Å². The fraction of sp³-hybridized carbons (Fsp3) is 0.273. The van der Waals surface area contributed by atoms with Crippen LogP contribution in [0.1, 0.15) is 46.2 Å². The summed E-state index contributed by atoms with van der Waals surface area (Å²) >= 11 is 0. The quantitative estimate of drug-likeness (QED) is 0.379. The lowest BCUT2D eigenvalue weighted by molar-refractivity contribution is -0.141. The zero-order chi connectivity index (χ0) is 23.0. The number of amides is 1. The Bertz CT molecular complexity index is 1150. The number of primary amides is 1. The van der Waals surface area contributed by atoms with Gasteiger partial charge in [0.25, 0.3) is 5.91 Å². The maximum absolute atomic E-state index is 14.7. The molecule has 10 heteroatoms. The number of nitrogens with two attached hydrogens (primary N) is 2. The lowest BCUT2D eigenvalue weighted by Gasteiger charge is -2.21. The first kappa shape index (κ1) is 21.8. The van der Waals surface area contributed by atoms with Gasteiger partial charge in [0.05, 0.1) is 6.04 Å². The molecule has 1 aliphatic carbocycles. The van der Waals surface area contributed by atoms with Crippen LogP contribution in [0.4, 0.5) is 23.2 Å². The second kappa shape index (κ2) is 8.27. The first-order chi connectivity index (χ1) is 15.1. The van der Waals surface area contributed by atoms with Gasteiger partial charge < -0.3 is 16.8 Å². The van der Waals surface area contributed by atoms with Gasteiger partial charge in [-0.05, 0) is 60.7 Å². The van der Waals surface area contributed by atoms with Crippen molar-refractivity contribution in [1.82, 2.24) is 15.1 Å². The molecule has 4 rings (SSSR count). The Morgan fingerprint density at radius 3 is 2.50 bits per heavy atom. The highest BCUT2D eigenvalue weighted by Gasteiger charge is 2.36. The summed E-state index contributed by atoms with van der Waals surface area (Å²) in [7, 11) is 0. The van der Waals surface area contributed by atoms with Gasteiger partial charge in [0.2, 0.25) is 0 Å². The van der Waals surface area contributed by atoms with Gasteiger partial charge in [0.1, 0.15) is 17.2 Å². The molecular weight excluding hydrogens is 426 g/mol. The average Bonchev–Trinajstić information content (AvgIpc) is 3.43. The number of nitrogens with one attached hydrogen (secondary N) is 1. The maximum Gasteiger partial charge on any atom is 0.435 e. The predicted octanol–water partition coefficient (Wildman–Crippen LogP) is 3.80. The molecule has 1 aliphatic rings. The van der Waals surface area contributed by atoms with Crippen LogP contribution in [0.5, 0.6) is 0 Å². The summed E-state index contributed by atoms with van der Waals surface area (Å²) in [6.07, 6.45) is -2.60. The molecule has 3 aromatic rings. The summed E-state index contributed by atoms with van der Waals surface area (Å²) in [5, 5.41) is 6.84. The third kappa shape index (κ3) is 4.59. The third-order valence-electron chi connectivity index (χ3n) is 5.34. The van der Waals surface area contributed by atoms with Crippen LogP contribution in [0.25, 0.3) is 5.69 Å². The molecule has 0 aliphatic heterocycles. The van der Waals surface area contributed by atoms with E-state index in [1.54, 1.807) is 18.2 Å². The van der Waals surface area contributed by atoms with Gasteiger partial charge in [0.15, 0.2) is 5.69 Å². The summed E-state index contributed by atoms with van der Waals surface area (Å²) in [5.41, 5.74) is 10.9. The highest BCUT2D eigenvalue weighted by atomic mass is 19.4. The minimum atomic E-state index is -4.82. The van der Waals surface area contributed by atoms with Crippen molar-refractivity contribution >= 4 is 11.6 Å². The summed E-state index contributed by atoms with van der Waals surface area (Å²) in [6.45, 7) is 0.721. The fourth-order valence-corrected chi connectivity index (χ4v) is 3.52. The van der Waals surface area contributed by atoms with E-state index in [-0.39, 0.29) is 5.69 Å². The average molecular weight is 447 g/mol. The van der Waals surface area contributed by atoms with Crippen LogP contribution in [0, 0.1) is 11.7 Å². The molecule has 1 unspecified atom stereocenters. The Kier molecular flexibility index (Phi) is 5.64. The number of aromatic nitrogens is 2. The van der Waals surface area contributed by atoms with E-state index in [0.29, 0.717) is 27.9 Å². The number of alkyl halides is 3. The zero-order valence-electron chi connectivity index (χ0n) is 16.9. The van der Waals surface area contributed by atoms with Gasteiger partial charge in [0, 0.05) is 11.8 Å².